The standard InChI is InChI=1S/C17H26O2/c1-4-13-5-7-14(8-6-13)17(18)16-10-9-15(19-3)11-12(16)2/h9-11,13-14,17-18H,4-8H2,1-3H3. The molecule has 2 rings (SSSR count). The highest BCUT2D eigenvalue weighted by Crippen LogP contribution is 2.39. The molecule has 19 heavy (non-hydrogen) atoms. The Morgan fingerprint density at radius 1 is 1.26 bits per heavy atom. The fourth-order valence-corrected chi connectivity index (χ4v) is 3.27. The summed E-state index contributed by atoms with van der Waals surface area (Å²) in [7, 11) is 1.68. The SMILES string of the molecule is CCC1CCC(C(O)c2ccc(OC)cc2C)CC1. The molecule has 1 fully saturated rings. The van der Waals surface area contributed by atoms with Crippen LogP contribution in [0.3, 0.4) is 0 Å². The van der Waals surface area contributed by atoms with E-state index in [0.29, 0.717) is 5.92 Å². The molecule has 2 nitrogen and oxygen atoms in total. The third-order valence-corrected chi connectivity index (χ3v) is 4.71. The number of aliphatic hydroxyl groups excluding tert-OH is 1. The maximum Gasteiger partial charge on any atom is 0.119 e. The van der Waals surface area contributed by atoms with Crippen molar-refractivity contribution < 1.29 is 9.84 Å². The lowest BCUT2D eigenvalue weighted by atomic mass is 9.76. The Bertz CT molecular complexity index is 406. The minimum atomic E-state index is -0.316. The molecule has 1 aromatic carbocycles. The first-order valence-corrected chi connectivity index (χ1v) is 7.48. The van der Waals surface area contributed by atoms with Gasteiger partial charge in [0.25, 0.3) is 0 Å². The number of aliphatic hydroxyl groups is 1. The van der Waals surface area contributed by atoms with Gasteiger partial charge in [0.15, 0.2) is 0 Å². The summed E-state index contributed by atoms with van der Waals surface area (Å²) in [4.78, 5) is 0. The summed E-state index contributed by atoms with van der Waals surface area (Å²) in [6.45, 7) is 4.33. The molecule has 0 spiro atoms. The topological polar surface area (TPSA) is 29.5 Å². The van der Waals surface area contributed by atoms with Crippen molar-refractivity contribution in [2.24, 2.45) is 11.8 Å². The zero-order valence-corrected chi connectivity index (χ0v) is 12.4. The summed E-state index contributed by atoms with van der Waals surface area (Å²) >= 11 is 0. The summed E-state index contributed by atoms with van der Waals surface area (Å²) in [5, 5.41) is 10.6. The van der Waals surface area contributed by atoms with E-state index in [1.807, 2.05) is 18.2 Å². The zero-order chi connectivity index (χ0) is 13.8. The first-order valence-electron chi connectivity index (χ1n) is 7.48. The van der Waals surface area contributed by atoms with Crippen molar-refractivity contribution in [1.29, 1.82) is 0 Å². The molecule has 0 heterocycles. The van der Waals surface area contributed by atoms with Crippen molar-refractivity contribution in [3.63, 3.8) is 0 Å². The van der Waals surface area contributed by atoms with E-state index >= 15 is 0 Å². The van der Waals surface area contributed by atoms with Crippen LogP contribution in [0.25, 0.3) is 0 Å². The molecule has 0 aliphatic heterocycles. The van der Waals surface area contributed by atoms with Crippen LogP contribution in [0.2, 0.25) is 0 Å². The van der Waals surface area contributed by atoms with Gasteiger partial charge in [-0.2, -0.15) is 0 Å². The highest BCUT2D eigenvalue weighted by molar-refractivity contribution is 5.36. The molecule has 1 aliphatic carbocycles. The van der Waals surface area contributed by atoms with Gasteiger partial charge in [-0.1, -0.05) is 32.3 Å². The van der Waals surface area contributed by atoms with Gasteiger partial charge in [0.2, 0.25) is 0 Å². The summed E-state index contributed by atoms with van der Waals surface area (Å²) < 4.78 is 5.22. The molecule has 106 valence electrons. The molecule has 0 radical (unpaired) electrons. The molecule has 0 amide bonds. The highest BCUT2D eigenvalue weighted by Gasteiger charge is 2.27. The monoisotopic (exact) mass is 262 g/mol. The molecular weight excluding hydrogens is 236 g/mol. The van der Waals surface area contributed by atoms with Crippen LogP contribution in [-0.4, -0.2) is 12.2 Å². The first kappa shape index (κ1) is 14.4. The van der Waals surface area contributed by atoms with Crippen molar-refractivity contribution in [3.05, 3.63) is 29.3 Å². The Kier molecular flexibility index (Phi) is 4.87. The van der Waals surface area contributed by atoms with Gasteiger partial charge in [-0.05, 0) is 54.9 Å². The molecule has 1 unspecified atom stereocenters. The summed E-state index contributed by atoms with van der Waals surface area (Å²) in [6, 6.07) is 5.98. The van der Waals surface area contributed by atoms with Crippen LogP contribution >= 0.6 is 0 Å². The van der Waals surface area contributed by atoms with Gasteiger partial charge in [0, 0.05) is 0 Å². The number of hydrogen-bond donors (Lipinski definition) is 1. The van der Waals surface area contributed by atoms with Crippen molar-refractivity contribution in [3.8, 4) is 5.75 Å². The van der Waals surface area contributed by atoms with Crippen LogP contribution < -0.4 is 4.74 Å². The second-order valence-corrected chi connectivity index (χ2v) is 5.86. The maximum absolute atomic E-state index is 10.6. The van der Waals surface area contributed by atoms with Crippen molar-refractivity contribution in [1.82, 2.24) is 0 Å². The molecule has 2 heteroatoms. The average molecular weight is 262 g/mol. The number of aryl methyl sites for hydroxylation is 1. The lowest BCUT2D eigenvalue weighted by Crippen LogP contribution is -2.20. The Hall–Kier alpha value is -1.02. The predicted molar refractivity (Wildman–Crippen MR) is 78.4 cm³/mol. The molecule has 1 saturated carbocycles. The Morgan fingerprint density at radius 3 is 2.47 bits per heavy atom. The number of hydrogen-bond acceptors (Lipinski definition) is 2. The number of methoxy groups -OCH3 is 1. The van der Waals surface area contributed by atoms with E-state index in [4.69, 9.17) is 4.74 Å². The molecule has 0 aromatic heterocycles. The molecule has 1 aliphatic rings. The smallest absolute Gasteiger partial charge is 0.119 e. The van der Waals surface area contributed by atoms with Gasteiger partial charge < -0.3 is 9.84 Å². The van der Waals surface area contributed by atoms with Gasteiger partial charge >= 0.3 is 0 Å². The molecule has 1 N–H and O–H groups in total. The van der Waals surface area contributed by atoms with Crippen LogP contribution in [0.4, 0.5) is 0 Å². The largest absolute Gasteiger partial charge is 0.497 e. The van der Waals surface area contributed by atoms with E-state index in [0.717, 1.165) is 35.6 Å². The van der Waals surface area contributed by atoms with E-state index < -0.39 is 0 Å². The molecule has 1 aromatic rings. The predicted octanol–water partition coefficient (Wildman–Crippen LogP) is 4.25. The second-order valence-electron chi connectivity index (χ2n) is 5.86. The van der Waals surface area contributed by atoms with E-state index in [2.05, 4.69) is 13.8 Å². The Morgan fingerprint density at radius 2 is 1.95 bits per heavy atom. The Labute approximate surface area is 116 Å². The third-order valence-electron chi connectivity index (χ3n) is 4.71. The van der Waals surface area contributed by atoms with Crippen LogP contribution in [0.5, 0.6) is 5.75 Å². The minimum absolute atomic E-state index is 0.316. The van der Waals surface area contributed by atoms with Crippen LogP contribution in [0.1, 0.15) is 56.3 Å². The van der Waals surface area contributed by atoms with Crippen LogP contribution in [-0.2, 0) is 0 Å². The molecule has 0 saturated heterocycles. The third kappa shape index (κ3) is 3.30. The van der Waals surface area contributed by atoms with Gasteiger partial charge in [-0.15, -0.1) is 0 Å². The molecular formula is C17H26O2. The van der Waals surface area contributed by atoms with Crippen molar-refractivity contribution in [2.75, 3.05) is 7.11 Å². The quantitative estimate of drug-likeness (QED) is 0.878. The van der Waals surface area contributed by atoms with Gasteiger partial charge in [-0.25, -0.2) is 0 Å². The fourth-order valence-electron chi connectivity index (χ4n) is 3.27. The first-order chi connectivity index (χ1) is 9.15. The average Bonchev–Trinajstić information content (AvgIpc) is 2.46. The van der Waals surface area contributed by atoms with Crippen molar-refractivity contribution in [2.45, 2.75) is 52.1 Å². The van der Waals surface area contributed by atoms with E-state index in [-0.39, 0.29) is 6.10 Å². The number of ether oxygens (including phenoxy) is 1. The van der Waals surface area contributed by atoms with Crippen LogP contribution in [0, 0.1) is 18.8 Å². The normalized spacial score (nSPS) is 25.1. The van der Waals surface area contributed by atoms with E-state index in [9.17, 15) is 5.11 Å². The van der Waals surface area contributed by atoms with Crippen molar-refractivity contribution >= 4 is 0 Å². The van der Waals surface area contributed by atoms with Gasteiger partial charge in [0.1, 0.15) is 5.75 Å². The molecule has 1 atom stereocenters. The Balaban J connectivity index is 2.05. The zero-order valence-electron chi connectivity index (χ0n) is 12.4. The van der Waals surface area contributed by atoms with E-state index in [1.54, 1.807) is 7.11 Å². The van der Waals surface area contributed by atoms with Crippen LogP contribution in [0.15, 0.2) is 18.2 Å². The summed E-state index contributed by atoms with van der Waals surface area (Å²) in [5.74, 6) is 2.17. The summed E-state index contributed by atoms with van der Waals surface area (Å²) in [6.07, 6.45) is 5.82. The van der Waals surface area contributed by atoms with Gasteiger partial charge in [-0.3, -0.25) is 0 Å². The lowest BCUT2D eigenvalue weighted by molar-refractivity contribution is 0.0724. The summed E-state index contributed by atoms with van der Waals surface area (Å²) in [5.41, 5.74) is 2.20. The second kappa shape index (κ2) is 6.42. The fraction of sp³-hybridized carbons (Fsp3) is 0.647. The minimum Gasteiger partial charge on any atom is -0.497 e. The highest BCUT2D eigenvalue weighted by atomic mass is 16.5. The van der Waals surface area contributed by atoms with Gasteiger partial charge in [0.05, 0.1) is 13.2 Å². The number of rotatable bonds is 4. The lowest BCUT2D eigenvalue weighted by Gasteiger charge is -2.31. The van der Waals surface area contributed by atoms with E-state index in [1.165, 1.54) is 19.3 Å². The molecule has 0 bridgehead atoms. The maximum atomic E-state index is 10.6. The number of benzene rings is 1.